The largest absolute Gasteiger partial charge is 0.309 e. The molecule has 1 aliphatic heterocycles. The average Bonchev–Trinajstić information content (AvgIpc) is 3.46. The molecule has 2 aromatic heterocycles. The Morgan fingerprint density at radius 3 is 2.69 bits per heavy atom. The van der Waals surface area contributed by atoms with Crippen LogP contribution in [0.2, 0.25) is 0 Å². The number of benzene rings is 1. The van der Waals surface area contributed by atoms with E-state index in [9.17, 15) is 13.2 Å². The smallest absolute Gasteiger partial charge is 0.253 e. The third kappa shape index (κ3) is 4.89. The molecule has 1 amide bonds. The zero-order valence-corrected chi connectivity index (χ0v) is 20.8. The van der Waals surface area contributed by atoms with E-state index >= 15 is 0 Å². The molecule has 0 saturated carbocycles. The number of hydrogen-bond donors (Lipinski definition) is 0. The van der Waals surface area contributed by atoms with Crippen LogP contribution >= 0.6 is 22.7 Å². The van der Waals surface area contributed by atoms with E-state index in [1.807, 2.05) is 38.4 Å². The van der Waals surface area contributed by atoms with Crippen LogP contribution in [-0.4, -0.2) is 68.3 Å². The van der Waals surface area contributed by atoms with Gasteiger partial charge in [0.1, 0.15) is 10.3 Å². The van der Waals surface area contributed by atoms with Crippen molar-refractivity contribution < 1.29 is 13.2 Å². The number of piperidine rings is 1. The summed E-state index contributed by atoms with van der Waals surface area (Å²) in [6, 6.07) is 10.5. The summed E-state index contributed by atoms with van der Waals surface area (Å²) in [5.41, 5.74) is 0.851. The third-order valence-corrected chi connectivity index (χ3v) is 9.90. The molecule has 1 aromatic carbocycles. The second-order valence-corrected chi connectivity index (χ2v) is 12.2. The summed E-state index contributed by atoms with van der Waals surface area (Å²) in [6.07, 6.45) is 2.89. The molecule has 32 heavy (non-hydrogen) atoms. The van der Waals surface area contributed by atoms with Crippen LogP contribution in [0.15, 0.2) is 46.0 Å². The molecule has 4 rings (SSSR count). The van der Waals surface area contributed by atoms with Crippen molar-refractivity contribution in [3.8, 4) is 0 Å². The van der Waals surface area contributed by atoms with E-state index in [1.165, 1.54) is 27.0 Å². The molecule has 1 fully saturated rings. The molecule has 1 saturated heterocycles. The first kappa shape index (κ1) is 23.3. The number of aromatic nitrogens is 1. The number of hydrogen-bond acceptors (Lipinski definition) is 7. The number of nitrogens with zero attached hydrogens (tertiary/aromatic N) is 4. The van der Waals surface area contributed by atoms with E-state index in [0.717, 1.165) is 36.0 Å². The van der Waals surface area contributed by atoms with E-state index in [4.69, 9.17) is 4.98 Å². The van der Waals surface area contributed by atoms with Crippen molar-refractivity contribution in [3.63, 3.8) is 0 Å². The van der Waals surface area contributed by atoms with Gasteiger partial charge in [-0.05, 0) is 63.5 Å². The Hall–Kier alpha value is -1.85. The number of carbonyl (C=O) groups excluding carboxylic acids is 1. The molecule has 1 aliphatic rings. The van der Waals surface area contributed by atoms with Gasteiger partial charge in [0.2, 0.25) is 5.91 Å². The molecule has 3 heterocycles. The molecule has 1 atom stereocenters. The summed E-state index contributed by atoms with van der Waals surface area (Å²) in [7, 11) is 0.293. The highest BCUT2D eigenvalue weighted by Crippen LogP contribution is 2.33. The quantitative estimate of drug-likeness (QED) is 0.477. The lowest BCUT2D eigenvalue weighted by atomic mass is 10.0. The minimum Gasteiger partial charge on any atom is -0.309 e. The van der Waals surface area contributed by atoms with Crippen LogP contribution in [0.1, 0.15) is 25.7 Å². The van der Waals surface area contributed by atoms with E-state index < -0.39 is 16.1 Å². The second kappa shape index (κ2) is 9.96. The Balaban J connectivity index is 1.66. The van der Waals surface area contributed by atoms with Crippen molar-refractivity contribution >= 4 is 54.0 Å². The van der Waals surface area contributed by atoms with Gasteiger partial charge in [-0.15, -0.1) is 11.3 Å². The summed E-state index contributed by atoms with van der Waals surface area (Å²) < 4.78 is 29.3. The van der Waals surface area contributed by atoms with Gasteiger partial charge in [0.05, 0.1) is 10.2 Å². The highest BCUT2D eigenvalue weighted by molar-refractivity contribution is 7.91. The third-order valence-electron chi connectivity index (χ3n) is 5.56. The highest BCUT2D eigenvalue weighted by Gasteiger charge is 2.40. The molecule has 0 bridgehead atoms. The van der Waals surface area contributed by atoms with Gasteiger partial charge in [-0.1, -0.05) is 36.0 Å². The first-order valence-electron chi connectivity index (χ1n) is 10.7. The zero-order chi connectivity index (χ0) is 22.7. The first-order chi connectivity index (χ1) is 15.4. The van der Waals surface area contributed by atoms with E-state index in [2.05, 4.69) is 4.90 Å². The normalized spacial score (nSPS) is 17.8. The minimum absolute atomic E-state index is 0.178. The fraction of sp³-hybridized carbons (Fsp3) is 0.455. The number of amides is 1. The number of para-hydroxylation sites is 1. The number of fused-ring (bicyclic) bond motifs is 1. The van der Waals surface area contributed by atoms with Crippen molar-refractivity contribution in [1.82, 2.24) is 14.2 Å². The number of carbonyl (C=O) groups is 1. The number of anilines is 1. The maximum Gasteiger partial charge on any atom is 0.253 e. The van der Waals surface area contributed by atoms with Crippen molar-refractivity contribution in [1.29, 1.82) is 0 Å². The van der Waals surface area contributed by atoms with E-state index in [-0.39, 0.29) is 10.1 Å². The molecule has 3 aromatic rings. The number of thiazole rings is 1. The Kier molecular flexibility index (Phi) is 7.26. The fourth-order valence-corrected chi connectivity index (χ4v) is 7.73. The van der Waals surface area contributed by atoms with E-state index in [1.54, 1.807) is 22.4 Å². The SMILES string of the molecule is CN(C)CCCN(C(=O)C1CCCCN1S(=O)(=O)c1cccs1)c1nc2ccccc2s1. The van der Waals surface area contributed by atoms with Crippen LogP contribution in [0.25, 0.3) is 10.2 Å². The van der Waals surface area contributed by atoms with Crippen molar-refractivity contribution in [2.75, 3.05) is 38.6 Å². The Morgan fingerprint density at radius 1 is 1.16 bits per heavy atom. The molecule has 0 radical (unpaired) electrons. The van der Waals surface area contributed by atoms with Gasteiger partial charge in [-0.2, -0.15) is 4.31 Å². The standard InChI is InChI=1S/C22H28N4O3S3/c1-24(2)13-8-14-25(22-23-17-9-3-4-11-19(17)31-22)21(27)18-10-5-6-15-26(18)32(28,29)20-12-7-16-30-20/h3-4,7,9,11-12,16,18H,5-6,8,10,13-15H2,1-2H3. The highest BCUT2D eigenvalue weighted by atomic mass is 32.2. The molecular weight excluding hydrogens is 464 g/mol. The van der Waals surface area contributed by atoms with Gasteiger partial charge < -0.3 is 4.90 Å². The molecule has 0 N–H and O–H groups in total. The lowest BCUT2D eigenvalue weighted by molar-refractivity contribution is -0.123. The van der Waals surface area contributed by atoms with Crippen molar-refractivity contribution in [2.45, 2.75) is 35.9 Å². The molecule has 10 heteroatoms. The topological polar surface area (TPSA) is 73.8 Å². The lowest BCUT2D eigenvalue weighted by Crippen LogP contribution is -2.53. The Labute approximate surface area is 197 Å². The molecule has 0 spiro atoms. The Morgan fingerprint density at radius 2 is 1.97 bits per heavy atom. The van der Waals surface area contributed by atoms with Crippen LogP contribution in [0.4, 0.5) is 5.13 Å². The van der Waals surface area contributed by atoms with Gasteiger partial charge in [-0.25, -0.2) is 13.4 Å². The zero-order valence-electron chi connectivity index (χ0n) is 18.3. The monoisotopic (exact) mass is 492 g/mol. The second-order valence-electron chi connectivity index (χ2n) is 8.17. The molecule has 0 aliphatic carbocycles. The predicted molar refractivity (Wildman–Crippen MR) is 131 cm³/mol. The van der Waals surface area contributed by atoms with Gasteiger partial charge in [0.25, 0.3) is 10.0 Å². The summed E-state index contributed by atoms with van der Waals surface area (Å²) in [5.74, 6) is -0.178. The van der Waals surface area contributed by atoms with Crippen LogP contribution < -0.4 is 4.90 Å². The number of thiophene rings is 1. The van der Waals surface area contributed by atoms with Crippen molar-refractivity contribution in [3.05, 3.63) is 41.8 Å². The van der Waals surface area contributed by atoms with Crippen LogP contribution in [0.5, 0.6) is 0 Å². The van der Waals surface area contributed by atoms with E-state index in [0.29, 0.717) is 24.6 Å². The maximum atomic E-state index is 13.9. The summed E-state index contributed by atoms with van der Waals surface area (Å²) >= 11 is 2.67. The first-order valence-corrected chi connectivity index (χ1v) is 13.9. The van der Waals surface area contributed by atoms with Gasteiger partial charge in [0, 0.05) is 13.1 Å². The predicted octanol–water partition coefficient (Wildman–Crippen LogP) is 3.89. The molecule has 7 nitrogen and oxygen atoms in total. The molecular formula is C22H28N4O3S3. The maximum absolute atomic E-state index is 13.9. The van der Waals surface area contributed by atoms with Gasteiger partial charge in [0.15, 0.2) is 5.13 Å². The molecule has 172 valence electrons. The lowest BCUT2D eigenvalue weighted by Gasteiger charge is -2.36. The van der Waals surface area contributed by atoms with Gasteiger partial charge in [-0.3, -0.25) is 9.69 Å². The van der Waals surface area contributed by atoms with Crippen LogP contribution in [0.3, 0.4) is 0 Å². The summed E-state index contributed by atoms with van der Waals surface area (Å²) in [6.45, 7) is 1.69. The molecule has 1 unspecified atom stereocenters. The van der Waals surface area contributed by atoms with Crippen LogP contribution in [-0.2, 0) is 14.8 Å². The summed E-state index contributed by atoms with van der Waals surface area (Å²) in [4.78, 5) is 22.4. The number of sulfonamides is 1. The Bertz CT molecular complexity index is 1130. The summed E-state index contributed by atoms with van der Waals surface area (Å²) in [5, 5.41) is 2.39. The average molecular weight is 493 g/mol. The van der Waals surface area contributed by atoms with Crippen LogP contribution in [0, 0.1) is 0 Å². The fourth-order valence-electron chi connectivity index (χ4n) is 3.97. The van der Waals surface area contributed by atoms with Gasteiger partial charge >= 0.3 is 0 Å². The number of rotatable bonds is 8. The minimum atomic E-state index is -3.71. The van der Waals surface area contributed by atoms with Crippen molar-refractivity contribution in [2.24, 2.45) is 0 Å².